The van der Waals surface area contributed by atoms with E-state index in [1.807, 2.05) is 78.9 Å². The lowest BCUT2D eigenvalue weighted by molar-refractivity contribution is -0.115. The Kier molecular flexibility index (Phi) is 5.21. The molecule has 154 valence electrons. The molecule has 31 heavy (non-hydrogen) atoms. The number of nitrogens with one attached hydrogen (secondary N) is 1. The molecule has 3 aromatic carbocycles. The normalized spacial score (nSPS) is 12.3. The van der Waals surface area contributed by atoms with E-state index in [2.05, 4.69) is 27.6 Å². The summed E-state index contributed by atoms with van der Waals surface area (Å²) in [4.78, 5) is 14.3. The van der Waals surface area contributed by atoms with Crippen molar-refractivity contribution in [1.29, 1.82) is 0 Å². The Hall–Kier alpha value is -3.16. The molecule has 0 saturated carbocycles. The highest BCUT2D eigenvalue weighted by Crippen LogP contribution is 2.38. The van der Waals surface area contributed by atoms with Crippen LogP contribution in [0.3, 0.4) is 0 Å². The number of thioether (sulfide) groups is 1. The Morgan fingerprint density at radius 3 is 2.61 bits per heavy atom. The highest BCUT2D eigenvalue weighted by atomic mass is 32.2. The van der Waals surface area contributed by atoms with E-state index >= 15 is 0 Å². The van der Waals surface area contributed by atoms with Crippen LogP contribution in [0.4, 0.5) is 5.69 Å². The smallest absolute Gasteiger partial charge is 0.242 e. The molecule has 5 nitrogen and oxygen atoms in total. The van der Waals surface area contributed by atoms with Crippen molar-refractivity contribution in [2.75, 3.05) is 5.32 Å². The largest absolute Gasteiger partial charge is 0.325 e. The monoisotopic (exact) mass is 444 g/mol. The van der Waals surface area contributed by atoms with E-state index in [0.29, 0.717) is 5.16 Å². The fourth-order valence-electron chi connectivity index (χ4n) is 3.51. The number of nitrogens with zero attached hydrogens (tertiary/aromatic N) is 3. The highest BCUT2D eigenvalue weighted by molar-refractivity contribution is 8.00. The van der Waals surface area contributed by atoms with Crippen LogP contribution in [-0.4, -0.2) is 20.5 Å². The first kappa shape index (κ1) is 19.8. The number of carbonyl (C=O) groups excluding carboxylic acids is 1. The minimum absolute atomic E-state index is 0.0822. The van der Waals surface area contributed by atoms with Crippen LogP contribution in [0.2, 0.25) is 0 Å². The molecule has 0 fully saturated rings. The van der Waals surface area contributed by atoms with Crippen molar-refractivity contribution in [3.05, 3.63) is 89.5 Å². The number of fused-ring (bicyclic) bond motifs is 3. The molecule has 1 atom stereocenters. The van der Waals surface area contributed by atoms with Crippen molar-refractivity contribution < 1.29 is 4.79 Å². The quantitative estimate of drug-likeness (QED) is 0.336. The molecule has 0 spiro atoms. The molecule has 0 aliphatic carbocycles. The first-order valence-electron chi connectivity index (χ1n) is 9.92. The lowest BCUT2D eigenvalue weighted by atomic mass is 10.1. The van der Waals surface area contributed by atoms with Gasteiger partial charge in [-0.2, -0.15) is 0 Å². The van der Waals surface area contributed by atoms with Gasteiger partial charge in [0.2, 0.25) is 10.9 Å². The van der Waals surface area contributed by atoms with Gasteiger partial charge in [0.15, 0.2) is 5.16 Å². The molecule has 1 N–H and O–H groups in total. The van der Waals surface area contributed by atoms with Crippen molar-refractivity contribution in [2.45, 2.75) is 24.3 Å². The second-order valence-corrected chi connectivity index (χ2v) is 9.47. The van der Waals surface area contributed by atoms with Gasteiger partial charge in [-0.15, -0.1) is 10.2 Å². The molecule has 5 rings (SSSR count). The van der Waals surface area contributed by atoms with Crippen molar-refractivity contribution in [3.8, 4) is 0 Å². The van der Waals surface area contributed by atoms with E-state index < -0.39 is 5.25 Å². The summed E-state index contributed by atoms with van der Waals surface area (Å²) in [7, 11) is 0. The van der Waals surface area contributed by atoms with E-state index in [1.165, 1.54) is 11.8 Å². The van der Waals surface area contributed by atoms with Crippen LogP contribution in [0.15, 0.2) is 78.0 Å². The molecule has 0 bridgehead atoms. The van der Waals surface area contributed by atoms with Gasteiger partial charge in [-0.3, -0.25) is 9.20 Å². The summed E-state index contributed by atoms with van der Waals surface area (Å²) in [6.45, 7) is 4.02. The Labute approximate surface area is 188 Å². The fourth-order valence-corrected chi connectivity index (χ4v) is 5.58. The predicted molar refractivity (Wildman–Crippen MR) is 128 cm³/mol. The molecule has 0 aliphatic rings. The molecule has 2 aromatic heterocycles. The summed E-state index contributed by atoms with van der Waals surface area (Å²) in [5, 5.41) is 12.1. The van der Waals surface area contributed by atoms with Gasteiger partial charge in [0, 0.05) is 5.69 Å². The molecule has 7 heteroatoms. The third kappa shape index (κ3) is 3.82. The lowest BCUT2D eigenvalue weighted by Crippen LogP contribution is -2.20. The number of aromatic nitrogens is 3. The highest BCUT2D eigenvalue weighted by Gasteiger charge is 2.26. The number of para-hydroxylation sites is 1. The zero-order valence-electron chi connectivity index (χ0n) is 17.1. The molecule has 0 saturated heterocycles. The molecule has 0 aliphatic heterocycles. The lowest BCUT2D eigenvalue weighted by Gasteiger charge is -2.17. The van der Waals surface area contributed by atoms with Crippen LogP contribution in [0.5, 0.6) is 0 Å². The molecule has 2 heterocycles. The van der Waals surface area contributed by atoms with E-state index in [4.69, 9.17) is 0 Å². The summed E-state index contributed by atoms with van der Waals surface area (Å²) in [6.07, 6.45) is 0. The van der Waals surface area contributed by atoms with Gasteiger partial charge in [-0.1, -0.05) is 77.7 Å². The zero-order chi connectivity index (χ0) is 21.4. The molecule has 5 aromatic rings. The first-order valence-corrected chi connectivity index (χ1v) is 11.6. The van der Waals surface area contributed by atoms with Crippen LogP contribution in [-0.2, 0) is 4.79 Å². The molecule has 1 unspecified atom stereocenters. The number of carbonyl (C=O) groups is 1. The van der Waals surface area contributed by atoms with Crippen molar-refractivity contribution in [1.82, 2.24) is 14.6 Å². The van der Waals surface area contributed by atoms with Gasteiger partial charge in [0.05, 0.1) is 10.2 Å². The van der Waals surface area contributed by atoms with E-state index in [0.717, 1.165) is 37.6 Å². The van der Waals surface area contributed by atoms with Crippen LogP contribution in [0.25, 0.3) is 15.2 Å². The summed E-state index contributed by atoms with van der Waals surface area (Å²) in [5.74, 6) is -0.0822. The SMILES string of the molecule is Cc1ccc(C)c(NC(=O)C(Sc2nnc3sc4ccccc4n23)c2ccccc2)c1. The van der Waals surface area contributed by atoms with Crippen molar-refractivity contribution in [2.24, 2.45) is 0 Å². The average Bonchev–Trinajstić information content (AvgIpc) is 3.34. The first-order chi connectivity index (χ1) is 15.1. The summed E-state index contributed by atoms with van der Waals surface area (Å²) in [5.41, 5.74) is 4.94. The van der Waals surface area contributed by atoms with E-state index in [1.54, 1.807) is 11.3 Å². The van der Waals surface area contributed by atoms with Crippen LogP contribution in [0, 0.1) is 13.8 Å². The van der Waals surface area contributed by atoms with E-state index in [9.17, 15) is 4.79 Å². The van der Waals surface area contributed by atoms with Gasteiger partial charge < -0.3 is 5.32 Å². The van der Waals surface area contributed by atoms with Crippen molar-refractivity contribution in [3.63, 3.8) is 0 Å². The minimum atomic E-state index is -0.466. The zero-order valence-corrected chi connectivity index (χ0v) is 18.7. The number of hydrogen-bond donors (Lipinski definition) is 1. The fraction of sp³-hybridized carbons (Fsp3) is 0.125. The van der Waals surface area contributed by atoms with Crippen LogP contribution >= 0.6 is 23.1 Å². The predicted octanol–water partition coefficient (Wildman–Crippen LogP) is 6.03. The number of amides is 1. The second-order valence-electron chi connectivity index (χ2n) is 7.39. The maximum Gasteiger partial charge on any atom is 0.242 e. The second kappa shape index (κ2) is 8.17. The van der Waals surface area contributed by atoms with Gasteiger partial charge in [-0.25, -0.2) is 0 Å². The molecule has 0 radical (unpaired) electrons. The van der Waals surface area contributed by atoms with Crippen molar-refractivity contribution >= 4 is 49.9 Å². The number of hydrogen-bond acceptors (Lipinski definition) is 5. The third-order valence-corrected chi connectivity index (χ3v) is 7.33. The Bertz CT molecular complexity index is 1390. The van der Waals surface area contributed by atoms with Crippen LogP contribution < -0.4 is 5.32 Å². The maximum atomic E-state index is 13.5. The van der Waals surface area contributed by atoms with Gasteiger partial charge in [0.25, 0.3) is 0 Å². The number of thiazole rings is 1. The maximum absolute atomic E-state index is 13.5. The third-order valence-electron chi connectivity index (χ3n) is 5.13. The standard InChI is InChI=1S/C24H20N4OS2/c1-15-12-13-16(2)18(14-15)25-22(29)21(17-8-4-3-5-9-17)31-24-27-26-23-28(24)19-10-6-7-11-20(19)30-23/h3-14,21H,1-2H3,(H,25,29). The van der Waals surface area contributed by atoms with Crippen LogP contribution in [0.1, 0.15) is 21.9 Å². The Morgan fingerprint density at radius 2 is 1.77 bits per heavy atom. The van der Waals surface area contributed by atoms with Gasteiger partial charge in [-0.05, 0) is 48.7 Å². The average molecular weight is 445 g/mol. The Morgan fingerprint density at radius 1 is 1.00 bits per heavy atom. The molecular weight excluding hydrogens is 424 g/mol. The summed E-state index contributed by atoms with van der Waals surface area (Å²) < 4.78 is 3.18. The number of aryl methyl sites for hydroxylation is 2. The summed E-state index contributed by atoms with van der Waals surface area (Å²) in [6, 6.07) is 24.0. The minimum Gasteiger partial charge on any atom is -0.325 e. The number of rotatable bonds is 5. The van der Waals surface area contributed by atoms with Gasteiger partial charge in [0.1, 0.15) is 5.25 Å². The number of anilines is 1. The number of benzene rings is 3. The van der Waals surface area contributed by atoms with E-state index in [-0.39, 0.29) is 5.91 Å². The summed E-state index contributed by atoms with van der Waals surface area (Å²) >= 11 is 3.01. The molecule has 1 amide bonds. The topological polar surface area (TPSA) is 59.3 Å². The Balaban J connectivity index is 1.54. The van der Waals surface area contributed by atoms with Gasteiger partial charge >= 0.3 is 0 Å². The molecular formula is C24H20N4OS2.